The predicted molar refractivity (Wildman–Crippen MR) is 503 cm³/mol. The van der Waals surface area contributed by atoms with Crippen molar-refractivity contribution in [3.63, 3.8) is 0 Å². The molecule has 4 spiro atoms. The van der Waals surface area contributed by atoms with E-state index in [-0.39, 0.29) is 48.5 Å². The molecule has 5 aromatic heterocycles. The largest absolute Gasteiger partial charge is 0.493 e. The molecular formula is C101H109N13O14S3. The molecule has 8 aliphatic heterocycles. The maximum atomic E-state index is 13.5. The third-order valence-electron chi connectivity index (χ3n) is 27.1. The summed E-state index contributed by atoms with van der Waals surface area (Å²) in [5, 5.41) is 15.1. The predicted octanol–water partition coefficient (Wildman–Crippen LogP) is 16.8. The number of H-pyrrole nitrogens is 1. The summed E-state index contributed by atoms with van der Waals surface area (Å²) >= 11 is 1.61. The second-order valence-electron chi connectivity index (χ2n) is 35.6. The molecule has 0 unspecified atom stereocenters. The number of hydrogen-bond acceptors (Lipinski definition) is 18. The summed E-state index contributed by atoms with van der Waals surface area (Å²) in [6, 6.07) is 60.5. The van der Waals surface area contributed by atoms with Crippen molar-refractivity contribution in [2.24, 2.45) is 21.1 Å². The van der Waals surface area contributed by atoms with Crippen LogP contribution < -0.4 is 33.1 Å². The number of methoxy groups -OCH3 is 1. The van der Waals surface area contributed by atoms with E-state index in [9.17, 15) is 36.0 Å². The molecule has 2 N–H and O–H groups in total. The molecule has 13 heterocycles. The summed E-state index contributed by atoms with van der Waals surface area (Å²) < 4.78 is 97.6. The van der Waals surface area contributed by atoms with Crippen molar-refractivity contribution in [3.8, 4) is 74.0 Å². The van der Waals surface area contributed by atoms with Gasteiger partial charge in [-0.25, -0.2) is 21.6 Å². The van der Waals surface area contributed by atoms with Crippen LogP contribution in [0, 0.1) is 13.8 Å². The van der Waals surface area contributed by atoms with Crippen molar-refractivity contribution in [1.29, 1.82) is 0 Å². The number of aromatic amines is 1. The number of carbonyl (C=O) groups is 4. The number of aryl methyl sites for hydroxylation is 5. The molecule has 4 amide bonds. The number of carbonyl (C=O) groups excluding carboxylic acids is 4. The number of thioether (sulfide) groups is 1. The summed E-state index contributed by atoms with van der Waals surface area (Å²) in [6.07, 6.45) is 16.2. The van der Waals surface area contributed by atoms with Crippen LogP contribution in [-0.4, -0.2) is 183 Å². The van der Waals surface area contributed by atoms with Crippen LogP contribution >= 0.6 is 11.8 Å². The van der Waals surface area contributed by atoms with E-state index in [1.165, 1.54) is 24.0 Å². The Morgan fingerprint density at radius 1 is 0.527 bits per heavy atom. The van der Waals surface area contributed by atoms with Crippen molar-refractivity contribution in [2.45, 2.75) is 141 Å². The summed E-state index contributed by atoms with van der Waals surface area (Å²) in [7, 11) is 0.439. The van der Waals surface area contributed by atoms with Crippen LogP contribution in [0.25, 0.3) is 50.4 Å². The van der Waals surface area contributed by atoms with Gasteiger partial charge in [0.15, 0.2) is 26.9 Å². The average Bonchev–Trinajstić information content (AvgIpc) is 1.61. The summed E-state index contributed by atoms with van der Waals surface area (Å²) in [5.41, 5.74) is 14.9. The number of fused-ring (bicyclic) bond motifs is 17. The molecule has 13 aromatic rings. The number of sulfonamides is 1. The molecule has 1 saturated carbocycles. The van der Waals surface area contributed by atoms with E-state index in [2.05, 4.69) is 52.0 Å². The Hall–Kier alpha value is -12.9. The van der Waals surface area contributed by atoms with Gasteiger partial charge in [-0.1, -0.05) is 72.8 Å². The first-order chi connectivity index (χ1) is 63.1. The molecule has 131 heavy (non-hydrogen) atoms. The van der Waals surface area contributed by atoms with Crippen molar-refractivity contribution in [3.05, 3.63) is 269 Å². The first kappa shape index (κ1) is 87.4. The van der Waals surface area contributed by atoms with Crippen LogP contribution in [0.15, 0.2) is 228 Å². The number of rotatable bonds is 12. The van der Waals surface area contributed by atoms with E-state index in [4.69, 9.17) is 33.5 Å². The fraction of sp³-hybridized carbons (Fsp3) is 0.337. The molecular weight excluding hydrogens is 1720 g/mol. The zero-order valence-electron chi connectivity index (χ0n) is 74.9. The summed E-state index contributed by atoms with van der Waals surface area (Å²) in [5.74, 6) is 4.35. The van der Waals surface area contributed by atoms with Crippen LogP contribution in [0.3, 0.4) is 0 Å². The second-order valence-corrected chi connectivity index (χ2v) is 40.1. The number of ether oxygens (including phenoxy) is 6. The van der Waals surface area contributed by atoms with Gasteiger partial charge >= 0.3 is 0 Å². The van der Waals surface area contributed by atoms with Gasteiger partial charge in [-0.05, 0) is 174 Å². The van der Waals surface area contributed by atoms with Gasteiger partial charge in [0.1, 0.15) is 50.5 Å². The quantitative estimate of drug-likeness (QED) is 0.107. The van der Waals surface area contributed by atoms with Crippen LogP contribution in [0.2, 0.25) is 0 Å². The Kier molecular flexibility index (Phi) is 23.0. The van der Waals surface area contributed by atoms with Gasteiger partial charge in [0.2, 0.25) is 10.0 Å². The first-order valence-corrected chi connectivity index (χ1v) is 49.2. The Morgan fingerprint density at radius 3 is 1.55 bits per heavy atom. The van der Waals surface area contributed by atoms with E-state index in [0.29, 0.717) is 112 Å². The maximum Gasteiger partial charge on any atom is 0.255 e. The number of amides is 4. The summed E-state index contributed by atoms with van der Waals surface area (Å²) in [4.78, 5) is 65.4. The fourth-order valence-electron chi connectivity index (χ4n) is 19.9. The highest BCUT2D eigenvalue weighted by Crippen LogP contribution is 2.54. The van der Waals surface area contributed by atoms with E-state index < -0.39 is 42.3 Å². The van der Waals surface area contributed by atoms with Crippen molar-refractivity contribution < 1.29 is 67.3 Å². The van der Waals surface area contributed by atoms with E-state index in [1.807, 2.05) is 216 Å². The van der Waals surface area contributed by atoms with Gasteiger partial charge in [0.25, 0.3) is 23.6 Å². The Balaban J connectivity index is 0.000000123. The Morgan fingerprint density at radius 2 is 1.00 bits per heavy atom. The van der Waals surface area contributed by atoms with E-state index in [1.54, 1.807) is 64.7 Å². The van der Waals surface area contributed by atoms with Gasteiger partial charge in [-0.3, -0.25) is 37.8 Å². The molecule has 5 fully saturated rings. The minimum absolute atomic E-state index is 0. The minimum Gasteiger partial charge on any atom is -0.493 e. The average molecular weight is 1830 g/mol. The second kappa shape index (κ2) is 34.4. The number of piperidine rings is 4. The summed E-state index contributed by atoms with van der Waals surface area (Å²) in [6.45, 7) is 12.6. The molecule has 22 rings (SSSR count). The third-order valence-corrected chi connectivity index (χ3v) is 30.5. The first-order valence-electron chi connectivity index (χ1n) is 44.6. The van der Waals surface area contributed by atoms with E-state index in [0.717, 1.165) is 145 Å². The number of nitrogens with one attached hydrogen (secondary N) is 2. The Labute approximate surface area is 768 Å². The molecule has 0 bridgehead atoms. The lowest BCUT2D eigenvalue weighted by atomic mass is 9.81. The zero-order chi connectivity index (χ0) is 91.2. The van der Waals surface area contributed by atoms with Gasteiger partial charge in [0, 0.05) is 207 Å². The highest BCUT2D eigenvalue weighted by atomic mass is 32.2. The molecule has 9 aliphatic rings. The van der Waals surface area contributed by atoms with Crippen LogP contribution in [0.5, 0.6) is 34.5 Å². The zero-order valence-corrected chi connectivity index (χ0v) is 77.4. The molecule has 8 aromatic carbocycles. The lowest BCUT2D eigenvalue weighted by molar-refractivity contribution is -0.0100. The molecule has 27 nitrogen and oxygen atoms in total. The maximum absolute atomic E-state index is 13.5. The lowest BCUT2D eigenvalue weighted by Crippen LogP contribution is -2.50. The molecule has 680 valence electrons. The number of sulfone groups is 1. The van der Waals surface area contributed by atoms with Crippen molar-refractivity contribution in [2.75, 3.05) is 72.0 Å². The van der Waals surface area contributed by atoms with Gasteiger partial charge in [-0.15, -0.1) is 11.8 Å². The van der Waals surface area contributed by atoms with Crippen LogP contribution in [0.4, 0.5) is 0 Å². The van der Waals surface area contributed by atoms with Crippen molar-refractivity contribution >= 4 is 66.2 Å². The lowest BCUT2D eigenvalue weighted by Gasteiger charge is -2.45. The van der Waals surface area contributed by atoms with Gasteiger partial charge < -0.3 is 53.0 Å². The third kappa shape index (κ3) is 16.1. The highest BCUT2D eigenvalue weighted by Gasteiger charge is 2.51. The number of aromatic nitrogens is 8. The number of hydrogen-bond donors (Lipinski definition) is 2. The molecule has 30 heteroatoms. The molecule has 0 radical (unpaired) electrons. The normalized spacial score (nSPS) is 17.2. The number of para-hydroxylation sites is 6. The molecule has 4 saturated heterocycles. The van der Waals surface area contributed by atoms with E-state index >= 15 is 0 Å². The number of likely N-dealkylation sites (tertiary alicyclic amines) is 4. The van der Waals surface area contributed by atoms with Crippen LogP contribution in [0.1, 0.15) is 156 Å². The van der Waals surface area contributed by atoms with Gasteiger partial charge in [0.05, 0.1) is 69.9 Å². The number of benzene rings is 8. The van der Waals surface area contributed by atoms with Crippen LogP contribution in [-0.2, 0) is 63.4 Å². The SMILES string of the molecule is COc1cc(C(=O)N2CCC3(CC2)Oc2ccccc2-n2c3ccc2S(C)(=O)=O)ccc1OC(C)C.CSc1ccccc1C(=O)N1CCC2(CC1)Oc1ccccc1-c1c2cnn1C.Cc1[nH]c2c(C(=O)N3CCC4(CC3)Oc3ccccc3-c3c4cnn3C)cccc2c1C.Cn1cc2c(n1)-c1ccccc1OC21CCN(C(=O)c2ccc(S(=O)(=O)NC3CC3)cc2)CC1.[HH].[HH]. The topological polar surface area (TPSA) is 291 Å². The Bertz CT molecular complexity index is 6890. The standard InChI is InChI=1S/C27H30N2O6S.C26H26N4O2.C25H26N4O4S.C23H23N3O2S.2H2/c1-18(2)34-22-10-9-19(17-23(22)33-3)26(30)28-15-13-27(14-16-28)24-11-12-25(36(4,31)32)29(24)20-7-5-6-8-21(20)35-27;1-16-17(2)28-23-18(16)8-6-9-20(23)25(31)30-13-11-26(12-14-30)21-15-27-29(3)24(21)19-7-4-5-10-22(19)32-26;1-28-16-21-23(26-28)20-4-2-3-5-22(20)33-25(21)12-14-29(15-13-25)24(30)17-6-10-19(11-7-17)34(31,32)27-18-8-9-18;1-25-21-16-7-3-5-9-19(16)28-23(18(21)15-24-25)11-13-26(14-12-23)22(27)17-8-4-6-10-20(17)29-2;;/h5-12,17-18H,13-16H2,1-4H3;4-10,15,28H,11-14H2,1-3H3;2-7,10-11,16,18,27H,8-9,12-15H2,1H3;3-10,15H,11-14H2,1-2H3;2*1H. The smallest absolute Gasteiger partial charge is 0.255 e. The molecule has 0 atom stereocenters. The minimum atomic E-state index is -3.53. The fourth-order valence-corrected chi connectivity index (χ4v) is 22.7. The molecule has 1 aliphatic carbocycles. The highest BCUT2D eigenvalue weighted by molar-refractivity contribution is 7.98. The monoisotopic (exact) mass is 1820 g/mol. The number of nitrogens with zero attached hydrogens (tertiary/aromatic N) is 11. The van der Waals surface area contributed by atoms with Crippen molar-refractivity contribution in [1.82, 2.24) is 63.2 Å². The van der Waals surface area contributed by atoms with Gasteiger partial charge in [-0.2, -0.15) is 15.3 Å².